The monoisotopic (exact) mass is 483 g/mol. The quantitative estimate of drug-likeness (QED) is 0.330. The lowest BCUT2D eigenvalue weighted by Gasteiger charge is -2.11. The number of benzene rings is 2. The standard InChI is InChI=1S/C26H22FN7O2/c1-17-14-34(16-29-17)20-5-3-4-19(10-20)31-26(35)32-24-7-6-21(11-23(24)27)36-22-8-9-28-25(12-22)18-13-30-33(2)15-18/h3-16H,1-2H3,(H2,31,32,35). The molecule has 2 N–H and O–H groups in total. The second kappa shape index (κ2) is 9.71. The van der Waals surface area contributed by atoms with Crippen LogP contribution in [0.3, 0.4) is 0 Å². The molecule has 0 spiro atoms. The molecule has 0 unspecified atom stereocenters. The van der Waals surface area contributed by atoms with Crippen LogP contribution in [0.2, 0.25) is 0 Å². The Kier molecular flexibility index (Phi) is 6.14. The molecule has 3 heterocycles. The number of ether oxygens (including phenoxy) is 1. The van der Waals surface area contributed by atoms with Crippen LogP contribution in [0.25, 0.3) is 16.9 Å². The molecule has 2 amide bonds. The van der Waals surface area contributed by atoms with Crippen molar-refractivity contribution in [2.24, 2.45) is 7.05 Å². The lowest BCUT2D eigenvalue weighted by atomic mass is 10.2. The predicted molar refractivity (Wildman–Crippen MR) is 134 cm³/mol. The van der Waals surface area contributed by atoms with Gasteiger partial charge in [-0.15, -0.1) is 0 Å². The minimum atomic E-state index is -0.633. The number of imidazole rings is 1. The largest absolute Gasteiger partial charge is 0.457 e. The first-order valence-corrected chi connectivity index (χ1v) is 11.0. The van der Waals surface area contributed by atoms with Crippen LogP contribution in [-0.4, -0.2) is 30.3 Å². The summed E-state index contributed by atoms with van der Waals surface area (Å²) in [4.78, 5) is 21.0. The van der Waals surface area contributed by atoms with Gasteiger partial charge >= 0.3 is 6.03 Å². The highest BCUT2D eigenvalue weighted by Crippen LogP contribution is 2.28. The van der Waals surface area contributed by atoms with E-state index in [0.717, 1.165) is 16.9 Å². The zero-order valence-electron chi connectivity index (χ0n) is 19.5. The molecule has 9 nitrogen and oxygen atoms in total. The highest BCUT2D eigenvalue weighted by Gasteiger charge is 2.11. The van der Waals surface area contributed by atoms with Gasteiger partial charge in [0.1, 0.15) is 17.3 Å². The van der Waals surface area contributed by atoms with Crippen molar-refractivity contribution in [3.8, 4) is 28.4 Å². The molecular formula is C26H22FN7O2. The first kappa shape index (κ1) is 22.8. The fraction of sp³-hybridized carbons (Fsp3) is 0.0769. The molecule has 0 saturated carbocycles. The number of hydrogen-bond donors (Lipinski definition) is 2. The summed E-state index contributed by atoms with van der Waals surface area (Å²) in [5.41, 5.74) is 3.82. The molecule has 0 saturated heterocycles. The Hall–Kier alpha value is -4.99. The van der Waals surface area contributed by atoms with Gasteiger partial charge in [0, 0.05) is 54.7 Å². The van der Waals surface area contributed by atoms with Gasteiger partial charge in [0.2, 0.25) is 0 Å². The summed E-state index contributed by atoms with van der Waals surface area (Å²) < 4.78 is 24.1. The molecule has 2 aromatic carbocycles. The van der Waals surface area contributed by atoms with Crippen LogP contribution in [0, 0.1) is 12.7 Å². The van der Waals surface area contributed by atoms with Crippen molar-refractivity contribution in [1.82, 2.24) is 24.3 Å². The fourth-order valence-electron chi connectivity index (χ4n) is 3.57. The number of aryl methyl sites for hydroxylation is 2. The summed E-state index contributed by atoms with van der Waals surface area (Å²) in [5, 5.41) is 9.38. The number of hydrogen-bond acceptors (Lipinski definition) is 5. The number of anilines is 2. The second-order valence-corrected chi connectivity index (χ2v) is 8.07. The predicted octanol–water partition coefficient (Wildman–Crippen LogP) is 5.55. The Morgan fingerprint density at radius 2 is 1.86 bits per heavy atom. The number of rotatable bonds is 6. The Balaban J connectivity index is 1.24. The first-order valence-electron chi connectivity index (χ1n) is 11.0. The third kappa shape index (κ3) is 5.22. The number of nitrogens with one attached hydrogen (secondary N) is 2. The highest BCUT2D eigenvalue weighted by molar-refractivity contribution is 6.00. The van der Waals surface area contributed by atoms with E-state index in [1.54, 1.807) is 53.7 Å². The maximum absolute atomic E-state index is 14.7. The van der Waals surface area contributed by atoms with Crippen LogP contribution in [0.1, 0.15) is 5.69 Å². The number of urea groups is 1. The van der Waals surface area contributed by atoms with Gasteiger partial charge in [-0.2, -0.15) is 5.10 Å². The van der Waals surface area contributed by atoms with E-state index in [-0.39, 0.29) is 11.4 Å². The van der Waals surface area contributed by atoms with Gasteiger partial charge in [-0.05, 0) is 43.3 Å². The maximum atomic E-state index is 14.7. The van der Waals surface area contributed by atoms with E-state index in [4.69, 9.17) is 4.74 Å². The van der Waals surface area contributed by atoms with E-state index in [1.807, 2.05) is 43.1 Å². The van der Waals surface area contributed by atoms with E-state index in [1.165, 1.54) is 12.1 Å². The SMILES string of the molecule is Cc1cn(-c2cccc(NC(=O)Nc3ccc(Oc4ccnc(-c5cnn(C)c5)c4)cc3F)c2)cn1. The molecule has 0 bridgehead atoms. The van der Waals surface area contributed by atoms with Crippen LogP contribution in [0.15, 0.2) is 85.7 Å². The Morgan fingerprint density at radius 3 is 2.61 bits per heavy atom. The topological polar surface area (TPSA) is 98.9 Å². The summed E-state index contributed by atoms with van der Waals surface area (Å²) in [6.45, 7) is 1.90. The number of carbonyl (C=O) groups excluding carboxylic acids is 1. The van der Waals surface area contributed by atoms with Crippen molar-refractivity contribution in [2.45, 2.75) is 6.92 Å². The van der Waals surface area contributed by atoms with Gasteiger partial charge in [-0.3, -0.25) is 9.67 Å². The first-order chi connectivity index (χ1) is 17.4. The number of carbonyl (C=O) groups is 1. The minimum Gasteiger partial charge on any atom is -0.457 e. The lowest BCUT2D eigenvalue weighted by Crippen LogP contribution is -2.20. The lowest BCUT2D eigenvalue weighted by molar-refractivity contribution is 0.262. The molecule has 10 heteroatoms. The highest BCUT2D eigenvalue weighted by atomic mass is 19.1. The molecule has 180 valence electrons. The van der Waals surface area contributed by atoms with E-state index in [9.17, 15) is 9.18 Å². The smallest absolute Gasteiger partial charge is 0.323 e. The van der Waals surface area contributed by atoms with Crippen molar-refractivity contribution in [3.05, 3.63) is 97.2 Å². The average molecular weight is 484 g/mol. The summed E-state index contributed by atoms with van der Waals surface area (Å²) in [6, 6.07) is 14.3. The van der Waals surface area contributed by atoms with E-state index in [0.29, 0.717) is 17.1 Å². The summed E-state index contributed by atoms with van der Waals surface area (Å²) in [6.07, 6.45) is 8.72. The Morgan fingerprint density at radius 1 is 1.00 bits per heavy atom. The Bertz CT molecular complexity index is 1540. The van der Waals surface area contributed by atoms with Gasteiger partial charge in [0.15, 0.2) is 0 Å². The number of pyridine rings is 1. The molecule has 36 heavy (non-hydrogen) atoms. The number of amides is 2. The normalized spacial score (nSPS) is 10.8. The molecular weight excluding hydrogens is 461 g/mol. The minimum absolute atomic E-state index is 0.0204. The van der Waals surface area contributed by atoms with Crippen LogP contribution < -0.4 is 15.4 Å². The zero-order valence-corrected chi connectivity index (χ0v) is 19.5. The molecule has 5 rings (SSSR count). The molecule has 0 aliphatic heterocycles. The molecule has 0 radical (unpaired) electrons. The van der Waals surface area contributed by atoms with Gasteiger partial charge in [-0.25, -0.2) is 14.2 Å². The zero-order chi connectivity index (χ0) is 25.1. The van der Waals surface area contributed by atoms with Gasteiger partial charge in [0.05, 0.1) is 29.6 Å². The summed E-state index contributed by atoms with van der Waals surface area (Å²) in [5.74, 6) is 0.145. The second-order valence-electron chi connectivity index (χ2n) is 8.07. The number of nitrogens with zero attached hydrogens (tertiary/aromatic N) is 5. The summed E-state index contributed by atoms with van der Waals surface area (Å²) >= 11 is 0. The van der Waals surface area contributed by atoms with E-state index < -0.39 is 11.8 Å². The number of aromatic nitrogens is 5. The van der Waals surface area contributed by atoms with Crippen molar-refractivity contribution in [2.75, 3.05) is 10.6 Å². The molecule has 0 aliphatic rings. The fourth-order valence-corrected chi connectivity index (χ4v) is 3.57. The molecule has 0 atom stereocenters. The van der Waals surface area contributed by atoms with Crippen LogP contribution in [0.4, 0.5) is 20.6 Å². The molecule has 0 aliphatic carbocycles. The van der Waals surface area contributed by atoms with Crippen molar-refractivity contribution in [3.63, 3.8) is 0 Å². The Labute approximate surface area is 206 Å². The third-order valence-corrected chi connectivity index (χ3v) is 5.27. The van der Waals surface area contributed by atoms with Crippen LogP contribution in [-0.2, 0) is 7.05 Å². The number of halogens is 1. The third-order valence-electron chi connectivity index (χ3n) is 5.27. The van der Waals surface area contributed by atoms with Gasteiger partial charge in [-0.1, -0.05) is 6.07 Å². The van der Waals surface area contributed by atoms with Crippen molar-refractivity contribution >= 4 is 17.4 Å². The molecule has 0 fully saturated rings. The van der Waals surface area contributed by atoms with Crippen LogP contribution in [0.5, 0.6) is 11.5 Å². The van der Waals surface area contributed by atoms with Gasteiger partial charge < -0.3 is 19.9 Å². The van der Waals surface area contributed by atoms with Gasteiger partial charge in [0.25, 0.3) is 0 Å². The summed E-state index contributed by atoms with van der Waals surface area (Å²) in [7, 11) is 1.82. The van der Waals surface area contributed by atoms with E-state index >= 15 is 0 Å². The van der Waals surface area contributed by atoms with E-state index in [2.05, 4.69) is 25.7 Å². The molecule has 3 aromatic heterocycles. The van der Waals surface area contributed by atoms with Crippen LogP contribution >= 0.6 is 0 Å². The van der Waals surface area contributed by atoms with Crippen molar-refractivity contribution < 1.29 is 13.9 Å². The van der Waals surface area contributed by atoms with Crippen molar-refractivity contribution in [1.29, 1.82) is 0 Å². The average Bonchev–Trinajstić information content (AvgIpc) is 3.49. The molecule has 5 aromatic rings. The maximum Gasteiger partial charge on any atom is 0.323 e.